The van der Waals surface area contributed by atoms with Crippen LogP contribution in [0.3, 0.4) is 0 Å². The first-order valence-electron chi connectivity index (χ1n) is 8.71. The van der Waals surface area contributed by atoms with E-state index in [9.17, 15) is 0 Å². The van der Waals surface area contributed by atoms with E-state index in [0.29, 0.717) is 0 Å². The molecule has 0 N–H and O–H groups in total. The fraction of sp³-hybridized carbons (Fsp3) is 1.00. The Hall–Kier alpha value is 0.354. The molecule has 0 aromatic rings. The van der Waals surface area contributed by atoms with E-state index in [2.05, 4.69) is 71.1 Å². The zero-order valence-electron chi connectivity index (χ0n) is 15.6. The standard InChI is InChI=1S/C16H40N2Si2/c1-13(2)17(14(3)4)19-11-10-12-20(9)18(15(5)6)16(7)8/h13-16,20H,10-12,19H2,1-9H3. The van der Waals surface area contributed by atoms with Crippen molar-refractivity contribution in [3.63, 3.8) is 0 Å². The fourth-order valence-corrected chi connectivity index (χ4v) is 9.31. The van der Waals surface area contributed by atoms with Crippen molar-refractivity contribution in [3.8, 4) is 0 Å². The Balaban J connectivity index is 4.10. The van der Waals surface area contributed by atoms with Crippen molar-refractivity contribution < 1.29 is 0 Å². The van der Waals surface area contributed by atoms with Gasteiger partial charge in [0, 0.05) is 0 Å². The lowest BCUT2D eigenvalue weighted by atomic mass is 10.3. The highest BCUT2D eigenvalue weighted by atomic mass is 28.3. The quantitative estimate of drug-likeness (QED) is 0.450. The smallest absolute Gasteiger partial charge is 0.109 e. The van der Waals surface area contributed by atoms with Gasteiger partial charge in [0.15, 0.2) is 0 Å². The van der Waals surface area contributed by atoms with Gasteiger partial charge in [-0.15, -0.1) is 0 Å². The molecule has 2 nitrogen and oxygen atoms in total. The summed E-state index contributed by atoms with van der Waals surface area (Å²) in [7, 11) is -0.747. The topological polar surface area (TPSA) is 6.48 Å². The third kappa shape index (κ3) is 7.39. The molecule has 0 heterocycles. The molecule has 0 aliphatic rings. The molecule has 0 spiro atoms. The SMILES string of the molecule is CC(C)N([SiH2]CCC[SiH](C)N(C(C)C)C(C)C)C(C)C. The lowest BCUT2D eigenvalue weighted by molar-refractivity contribution is 0.302. The average Bonchev–Trinajstić information content (AvgIpc) is 2.26. The van der Waals surface area contributed by atoms with Crippen LogP contribution in [0.15, 0.2) is 0 Å². The minimum absolute atomic E-state index is 0.0389. The predicted octanol–water partition coefficient (Wildman–Crippen LogP) is 3.47. The molecular weight excluding hydrogens is 276 g/mol. The minimum Gasteiger partial charge on any atom is -0.325 e. The van der Waals surface area contributed by atoms with E-state index >= 15 is 0 Å². The van der Waals surface area contributed by atoms with Crippen LogP contribution in [0.2, 0.25) is 18.6 Å². The van der Waals surface area contributed by atoms with E-state index in [-0.39, 0.29) is 9.68 Å². The Morgan fingerprint density at radius 2 is 1.25 bits per heavy atom. The van der Waals surface area contributed by atoms with Crippen molar-refractivity contribution in [2.24, 2.45) is 0 Å². The summed E-state index contributed by atoms with van der Waals surface area (Å²) < 4.78 is 5.55. The first-order valence-corrected chi connectivity index (χ1v) is 12.8. The monoisotopic (exact) mass is 316 g/mol. The van der Waals surface area contributed by atoms with E-state index in [4.69, 9.17) is 0 Å². The van der Waals surface area contributed by atoms with Crippen LogP contribution in [0.1, 0.15) is 61.8 Å². The summed E-state index contributed by atoms with van der Waals surface area (Å²) in [5.74, 6) is 0. The zero-order valence-corrected chi connectivity index (χ0v) is 18.2. The third-order valence-corrected chi connectivity index (χ3v) is 10.6. The first-order chi connectivity index (χ1) is 9.18. The van der Waals surface area contributed by atoms with Gasteiger partial charge in [-0.1, -0.05) is 74.4 Å². The van der Waals surface area contributed by atoms with Crippen LogP contribution < -0.4 is 0 Å². The molecule has 0 saturated heterocycles. The number of rotatable bonds is 10. The predicted molar refractivity (Wildman–Crippen MR) is 100 cm³/mol. The molecule has 0 amide bonds. The molecule has 20 heavy (non-hydrogen) atoms. The lowest BCUT2D eigenvalue weighted by Gasteiger charge is -2.36. The Bertz CT molecular complexity index is 227. The summed E-state index contributed by atoms with van der Waals surface area (Å²) in [5.41, 5.74) is 0. The highest BCUT2D eigenvalue weighted by molar-refractivity contribution is 6.54. The molecule has 122 valence electrons. The summed E-state index contributed by atoms with van der Waals surface area (Å²) in [6.07, 6.45) is 1.46. The summed E-state index contributed by atoms with van der Waals surface area (Å²) in [6.45, 7) is 21.4. The molecule has 0 aromatic carbocycles. The van der Waals surface area contributed by atoms with E-state index in [0.717, 1.165) is 24.2 Å². The molecule has 0 aromatic heterocycles. The second-order valence-electron chi connectivity index (χ2n) is 7.40. The lowest BCUT2D eigenvalue weighted by Crippen LogP contribution is -2.46. The molecule has 4 heteroatoms. The van der Waals surface area contributed by atoms with Gasteiger partial charge < -0.3 is 9.13 Å². The molecule has 0 bridgehead atoms. The van der Waals surface area contributed by atoms with Gasteiger partial charge in [-0.3, -0.25) is 0 Å². The van der Waals surface area contributed by atoms with Crippen molar-refractivity contribution in [1.82, 2.24) is 9.13 Å². The zero-order chi connectivity index (χ0) is 15.9. The molecule has 0 radical (unpaired) electrons. The Kier molecular flexibility index (Phi) is 10.3. The Morgan fingerprint density at radius 3 is 1.60 bits per heavy atom. The van der Waals surface area contributed by atoms with Crippen molar-refractivity contribution in [3.05, 3.63) is 0 Å². The highest BCUT2D eigenvalue weighted by Gasteiger charge is 2.21. The van der Waals surface area contributed by atoms with Gasteiger partial charge in [-0.05, 0) is 30.2 Å². The van der Waals surface area contributed by atoms with Crippen LogP contribution in [0.4, 0.5) is 0 Å². The van der Waals surface area contributed by atoms with E-state index in [1.807, 2.05) is 0 Å². The molecule has 0 rings (SSSR count). The maximum absolute atomic E-state index is 2.80. The largest absolute Gasteiger partial charge is 0.325 e. The average molecular weight is 317 g/mol. The fourth-order valence-electron chi connectivity index (χ4n) is 3.61. The number of hydrogen-bond donors (Lipinski definition) is 0. The summed E-state index contributed by atoms with van der Waals surface area (Å²) in [6, 6.07) is 5.90. The van der Waals surface area contributed by atoms with E-state index in [1.54, 1.807) is 0 Å². The van der Waals surface area contributed by atoms with E-state index < -0.39 is 8.96 Å². The van der Waals surface area contributed by atoms with Gasteiger partial charge in [-0.25, -0.2) is 0 Å². The van der Waals surface area contributed by atoms with Crippen LogP contribution in [0, 0.1) is 0 Å². The van der Waals surface area contributed by atoms with Crippen molar-refractivity contribution in [2.75, 3.05) is 0 Å². The van der Waals surface area contributed by atoms with Crippen molar-refractivity contribution in [2.45, 2.75) is 105 Å². The Morgan fingerprint density at radius 1 is 0.800 bits per heavy atom. The number of nitrogens with zero attached hydrogens (tertiary/aromatic N) is 2. The molecule has 0 saturated carbocycles. The molecule has 0 aliphatic carbocycles. The van der Waals surface area contributed by atoms with Gasteiger partial charge in [0.25, 0.3) is 0 Å². The highest BCUT2D eigenvalue weighted by Crippen LogP contribution is 2.14. The van der Waals surface area contributed by atoms with Crippen LogP contribution in [-0.2, 0) is 0 Å². The maximum Gasteiger partial charge on any atom is 0.109 e. The molecule has 0 aliphatic heterocycles. The molecule has 1 atom stereocenters. The number of hydrogen-bond acceptors (Lipinski definition) is 2. The van der Waals surface area contributed by atoms with Gasteiger partial charge in [0.2, 0.25) is 0 Å². The van der Waals surface area contributed by atoms with Crippen LogP contribution in [0.5, 0.6) is 0 Å². The van der Waals surface area contributed by atoms with Gasteiger partial charge >= 0.3 is 0 Å². The first kappa shape index (κ1) is 20.4. The third-order valence-electron chi connectivity index (χ3n) is 4.32. The van der Waals surface area contributed by atoms with Crippen LogP contribution in [-0.4, -0.2) is 51.9 Å². The van der Waals surface area contributed by atoms with Crippen molar-refractivity contribution >= 4 is 18.6 Å². The summed E-state index contributed by atoms with van der Waals surface area (Å²) in [5, 5.41) is 0. The van der Waals surface area contributed by atoms with Gasteiger partial charge in [0.05, 0.1) is 9.68 Å². The Labute approximate surface area is 132 Å². The summed E-state index contributed by atoms with van der Waals surface area (Å²) in [4.78, 5) is 0. The molecular formula is C16H40N2Si2. The van der Waals surface area contributed by atoms with E-state index in [1.165, 1.54) is 18.5 Å². The normalized spacial score (nSPS) is 15.2. The second kappa shape index (κ2) is 10.1. The van der Waals surface area contributed by atoms with Gasteiger partial charge in [0.1, 0.15) is 8.96 Å². The second-order valence-corrected chi connectivity index (χ2v) is 12.2. The van der Waals surface area contributed by atoms with Crippen LogP contribution in [0.25, 0.3) is 0 Å². The molecule has 1 unspecified atom stereocenters. The minimum atomic E-state index is -0.708. The van der Waals surface area contributed by atoms with Crippen molar-refractivity contribution in [1.29, 1.82) is 0 Å². The van der Waals surface area contributed by atoms with Crippen LogP contribution >= 0.6 is 0 Å². The maximum atomic E-state index is 2.80. The molecule has 0 fully saturated rings. The van der Waals surface area contributed by atoms with Gasteiger partial charge in [-0.2, -0.15) is 0 Å². The summed E-state index contributed by atoms with van der Waals surface area (Å²) >= 11 is 0.